The van der Waals surface area contributed by atoms with Gasteiger partial charge in [0.2, 0.25) is 0 Å². The molecule has 0 heterocycles. The van der Waals surface area contributed by atoms with E-state index in [0.29, 0.717) is 32.8 Å². The van der Waals surface area contributed by atoms with Crippen LogP contribution in [-0.2, 0) is 0 Å². The normalized spacial score (nSPS) is 9.83. The number of nitrogen functional groups attached to an aromatic ring is 1. The van der Waals surface area contributed by atoms with Crippen molar-refractivity contribution in [3.8, 4) is 17.6 Å². The molecule has 0 saturated carbocycles. The van der Waals surface area contributed by atoms with E-state index in [1.54, 1.807) is 36.4 Å². The van der Waals surface area contributed by atoms with Crippen molar-refractivity contribution in [2.24, 2.45) is 0 Å². The van der Waals surface area contributed by atoms with Crippen LogP contribution >= 0.6 is 23.2 Å². The SMILES string of the molecule is N#Cc1ccc(Cl)cc1Oc1c(N)cccc1Cl. The summed E-state index contributed by atoms with van der Waals surface area (Å²) in [5, 5.41) is 9.83. The molecule has 0 atom stereocenters. The number of para-hydroxylation sites is 1. The predicted octanol–water partition coefficient (Wildman–Crippen LogP) is 4.24. The molecular weight excluding hydrogens is 271 g/mol. The second-order valence-electron chi connectivity index (χ2n) is 3.51. The molecule has 3 nitrogen and oxygen atoms in total. The molecular formula is C13H8Cl2N2O. The van der Waals surface area contributed by atoms with Gasteiger partial charge < -0.3 is 10.5 Å². The molecule has 0 bridgehead atoms. The lowest BCUT2D eigenvalue weighted by Gasteiger charge is -2.11. The van der Waals surface area contributed by atoms with Crippen molar-refractivity contribution >= 4 is 28.9 Å². The number of rotatable bonds is 2. The van der Waals surface area contributed by atoms with Crippen molar-refractivity contribution in [2.45, 2.75) is 0 Å². The Bertz CT molecular complexity index is 615. The van der Waals surface area contributed by atoms with Gasteiger partial charge in [-0.05, 0) is 24.3 Å². The fourth-order valence-corrected chi connectivity index (χ4v) is 1.80. The fourth-order valence-electron chi connectivity index (χ4n) is 1.42. The highest BCUT2D eigenvalue weighted by molar-refractivity contribution is 6.32. The number of nitriles is 1. The summed E-state index contributed by atoms with van der Waals surface area (Å²) in [5.41, 5.74) is 6.53. The van der Waals surface area contributed by atoms with Crippen molar-refractivity contribution < 1.29 is 4.74 Å². The van der Waals surface area contributed by atoms with Crippen LogP contribution < -0.4 is 10.5 Å². The average Bonchev–Trinajstić information content (AvgIpc) is 2.34. The van der Waals surface area contributed by atoms with Gasteiger partial charge in [0.05, 0.1) is 16.3 Å². The number of anilines is 1. The van der Waals surface area contributed by atoms with Gasteiger partial charge in [0.25, 0.3) is 0 Å². The Balaban J connectivity index is 2.46. The van der Waals surface area contributed by atoms with Crippen LogP contribution in [0.1, 0.15) is 5.56 Å². The van der Waals surface area contributed by atoms with Crippen LogP contribution in [0.25, 0.3) is 0 Å². The highest BCUT2D eigenvalue weighted by Gasteiger charge is 2.11. The molecule has 0 amide bonds. The van der Waals surface area contributed by atoms with Crippen molar-refractivity contribution in [3.63, 3.8) is 0 Å². The van der Waals surface area contributed by atoms with Gasteiger partial charge in [-0.25, -0.2) is 0 Å². The molecule has 18 heavy (non-hydrogen) atoms. The first kappa shape index (κ1) is 12.6. The van der Waals surface area contributed by atoms with Crippen molar-refractivity contribution in [1.29, 1.82) is 5.26 Å². The van der Waals surface area contributed by atoms with Gasteiger partial charge in [-0.15, -0.1) is 0 Å². The van der Waals surface area contributed by atoms with Gasteiger partial charge in [0, 0.05) is 11.1 Å². The molecule has 90 valence electrons. The minimum atomic E-state index is 0.318. The van der Waals surface area contributed by atoms with E-state index in [2.05, 4.69) is 0 Å². The van der Waals surface area contributed by atoms with E-state index < -0.39 is 0 Å². The number of nitrogens with two attached hydrogens (primary N) is 1. The Morgan fingerprint density at radius 3 is 2.61 bits per heavy atom. The van der Waals surface area contributed by atoms with Crippen LogP contribution in [0.3, 0.4) is 0 Å². The Kier molecular flexibility index (Phi) is 3.61. The van der Waals surface area contributed by atoms with Crippen LogP contribution in [0.4, 0.5) is 5.69 Å². The number of hydrogen-bond donors (Lipinski definition) is 1. The van der Waals surface area contributed by atoms with Crippen LogP contribution in [0.2, 0.25) is 10.0 Å². The second kappa shape index (κ2) is 5.18. The number of nitrogens with zero attached hydrogens (tertiary/aromatic N) is 1. The van der Waals surface area contributed by atoms with E-state index in [-0.39, 0.29) is 0 Å². The minimum absolute atomic E-state index is 0.318. The van der Waals surface area contributed by atoms with E-state index in [1.165, 1.54) is 0 Å². The maximum Gasteiger partial charge on any atom is 0.168 e. The van der Waals surface area contributed by atoms with Gasteiger partial charge in [-0.1, -0.05) is 29.3 Å². The summed E-state index contributed by atoms with van der Waals surface area (Å²) in [6.07, 6.45) is 0. The third kappa shape index (κ3) is 2.51. The summed E-state index contributed by atoms with van der Waals surface area (Å²) >= 11 is 11.9. The molecule has 5 heteroatoms. The van der Waals surface area contributed by atoms with Crippen molar-refractivity contribution in [3.05, 3.63) is 52.0 Å². The third-order valence-corrected chi connectivity index (χ3v) is 2.81. The number of benzene rings is 2. The van der Waals surface area contributed by atoms with E-state index in [9.17, 15) is 0 Å². The lowest BCUT2D eigenvalue weighted by atomic mass is 10.2. The Labute approximate surface area is 114 Å². The first-order chi connectivity index (χ1) is 8.61. The summed E-state index contributed by atoms with van der Waals surface area (Å²) in [4.78, 5) is 0. The largest absolute Gasteiger partial charge is 0.452 e. The molecule has 0 saturated heterocycles. The highest BCUT2D eigenvalue weighted by atomic mass is 35.5. The first-order valence-electron chi connectivity index (χ1n) is 5.03. The van der Waals surface area contributed by atoms with Crippen LogP contribution in [0, 0.1) is 11.3 Å². The molecule has 0 fully saturated rings. The van der Waals surface area contributed by atoms with Gasteiger partial charge in [0.1, 0.15) is 11.8 Å². The lowest BCUT2D eigenvalue weighted by Crippen LogP contribution is -1.94. The molecule has 2 rings (SSSR count). The van der Waals surface area contributed by atoms with Crippen molar-refractivity contribution in [2.75, 3.05) is 5.73 Å². The zero-order chi connectivity index (χ0) is 13.1. The van der Waals surface area contributed by atoms with E-state index >= 15 is 0 Å². The molecule has 2 aromatic carbocycles. The topological polar surface area (TPSA) is 59.0 Å². The molecule has 0 spiro atoms. The molecule has 2 N–H and O–H groups in total. The monoisotopic (exact) mass is 278 g/mol. The van der Waals surface area contributed by atoms with Crippen molar-refractivity contribution in [1.82, 2.24) is 0 Å². The summed E-state index contributed by atoms with van der Waals surface area (Å²) in [6, 6.07) is 11.8. The zero-order valence-electron chi connectivity index (χ0n) is 9.15. The quantitative estimate of drug-likeness (QED) is 0.836. The van der Waals surface area contributed by atoms with E-state index in [1.807, 2.05) is 6.07 Å². The summed E-state index contributed by atoms with van der Waals surface area (Å²) in [5.74, 6) is 0.641. The number of halogens is 2. The summed E-state index contributed by atoms with van der Waals surface area (Å²) in [6.45, 7) is 0. The van der Waals surface area contributed by atoms with Crippen LogP contribution in [0.15, 0.2) is 36.4 Å². The Morgan fingerprint density at radius 2 is 1.94 bits per heavy atom. The minimum Gasteiger partial charge on any atom is -0.452 e. The molecule has 0 aliphatic carbocycles. The lowest BCUT2D eigenvalue weighted by molar-refractivity contribution is 0.484. The molecule has 0 aromatic heterocycles. The standard InChI is InChI=1S/C13H8Cl2N2O/c14-9-5-4-8(7-16)12(6-9)18-13-10(15)2-1-3-11(13)17/h1-6H,17H2. The highest BCUT2D eigenvalue weighted by Crippen LogP contribution is 2.36. The first-order valence-corrected chi connectivity index (χ1v) is 5.79. The third-order valence-electron chi connectivity index (χ3n) is 2.27. The molecule has 0 unspecified atom stereocenters. The maximum atomic E-state index is 8.99. The van der Waals surface area contributed by atoms with Crippen LogP contribution in [-0.4, -0.2) is 0 Å². The molecule has 0 aliphatic heterocycles. The van der Waals surface area contributed by atoms with Gasteiger partial charge in [0.15, 0.2) is 5.75 Å². The number of hydrogen-bond acceptors (Lipinski definition) is 3. The van der Waals surface area contributed by atoms with Gasteiger partial charge >= 0.3 is 0 Å². The zero-order valence-corrected chi connectivity index (χ0v) is 10.7. The summed E-state index contributed by atoms with van der Waals surface area (Å²) in [7, 11) is 0. The number of ether oxygens (including phenoxy) is 1. The van der Waals surface area contributed by atoms with Gasteiger partial charge in [-0.2, -0.15) is 5.26 Å². The van der Waals surface area contributed by atoms with Gasteiger partial charge in [-0.3, -0.25) is 0 Å². The maximum absolute atomic E-state index is 8.99. The molecule has 2 aromatic rings. The molecule has 0 aliphatic rings. The molecule has 0 radical (unpaired) electrons. The van der Waals surface area contributed by atoms with E-state index in [4.69, 9.17) is 38.9 Å². The average molecular weight is 279 g/mol. The Morgan fingerprint density at radius 1 is 1.17 bits per heavy atom. The van der Waals surface area contributed by atoms with E-state index in [0.717, 1.165) is 0 Å². The predicted molar refractivity (Wildman–Crippen MR) is 72.1 cm³/mol. The van der Waals surface area contributed by atoms with Crippen LogP contribution in [0.5, 0.6) is 11.5 Å². The second-order valence-corrected chi connectivity index (χ2v) is 4.36. The smallest absolute Gasteiger partial charge is 0.168 e. The fraction of sp³-hybridized carbons (Fsp3) is 0. The summed E-state index contributed by atoms with van der Waals surface area (Å²) < 4.78 is 5.58. The Hall–Kier alpha value is -1.89.